The van der Waals surface area contributed by atoms with Crippen LogP contribution in [0.25, 0.3) is 10.8 Å². The van der Waals surface area contributed by atoms with Crippen LogP contribution in [0.1, 0.15) is 6.92 Å². The Morgan fingerprint density at radius 3 is 2.41 bits per heavy atom. The van der Waals surface area contributed by atoms with Crippen molar-refractivity contribution in [2.24, 2.45) is 0 Å². The summed E-state index contributed by atoms with van der Waals surface area (Å²) in [6.07, 6.45) is 0. The molecule has 32 heavy (non-hydrogen) atoms. The lowest BCUT2D eigenvalue weighted by atomic mass is 10.1. The van der Waals surface area contributed by atoms with Crippen LogP contribution in [0.5, 0.6) is 0 Å². The summed E-state index contributed by atoms with van der Waals surface area (Å²) in [5.41, 5.74) is 0.466. The Hall–Kier alpha value is -2.16. The Labute approximate surface area is 197 Å². The number of piperazine rings is 1. The molecule has 0 aromatic heterocycles. The molecule has 1 aliphatic heterocycles. The summed E-state index contributed by atoms with van der Waals surface area (Å²) in [5.74, 6) is -0.185. The van der Waals surface area contributed by atoms with E-state index in [0.717, 1.165) is 15.7 Å². The molecule has 0 unspecified atom stereocenters. The SMILES string of the molecule is C[C@@H](C(=O)Nc1cc(Cl)ccc1Cl)[NH+]1CCN(S(=O)(=O)c2ccc3ccccc3c2)CC1. The molecule has 9 heteroatoms. The van der Waals surface area contributed by atoms with Crippen LogP contribution in [-0.2, 0) is 14.8 Å². The van der Waals surface area contributed by atoms with Crippen LogP contribution in [0.15, 0.2) is 65.6 Å². The number of nitrogens with one attached hydrogen (secondary N) is 2. The second-order valence-electron chi connectivity index (χ2n) is 7.91. The predicted octanol–water partition coefficient (Wildman–Crippen LogP) is 3.06. The molecule has 4 rings (SSSR count). The van der Waals surface area contributed by atoms with Gasteiger partial charge in [0.1, 0.15) is 0 Å². The number of sulfonamides is 1. The van der Waals surface area contributed by atoms with E-state index in [1.54, 1.807) is 30.3 Å². The molecule has 0 saturated carbocycles. The molecule has 0 bridgehead atoms. The van der Waals surface area contributed by atoms with Crippen molar-refractivity contribution in [2.45, 2.75) is 17.9 Å². The number of hydrogen-bond donors (Lipinski definition) is 2. The molecule has 2 N–H and O–H groups in total. The van der Waals surface area contributed by atoms with E-state index in [1.165, 1.54) is 4.31 Å². The molecule has 1 amide bonds. The number of benzene rings is 3. The smallest absolute Gasteiger partial charge is 0.282 e. The zero-order valence-electron chi connectivity index (χ0n) is 17.5. The molecule has 3 aromatic rings. The number of anilines is 1. The maximum absolute atomic E-state index is 13.2. The molecule has 1 heterocycles. The zero-order chi connectivity index (χ0) is 22.9. The third-order valence-electron chi connectivity index (χ3n) is 5.92. The van der Waals surface area contributed by atoms with E-state index in [2.05, 4.69) is 5.32 Å². The minimum absolute atomic E-state index is 0.185. The third-order valence-corrected chi connectivity index (χ3v) is 8.37. The van der Waals surface area contributed by atoms with E-state index in [-0.39, 0.29) is 11.9 Å². The Morgan fingerprint density at radius 2 is 1.69 bits per heavy atom. The zero-order valence-corrected chi connectivity index (χ0v) is 19.8. The molecule has 0 aliphatic carbocycles. The summed E-state index contributed by atoms with van der Waals surface area (Å²) in [6, 6.07) is 17.4. The minimum Gasteiger partial charge on any atom is -0.323 e. The minimum atomic E-state index is -3.59. The second-order valence-corrected chi connectivity index (χ2v) is 10.7. The molecule has 1 atom stereocenters. The van der Waals surface area contributed by atoms with Gasteiger partial charge in [-0.25, -0.2) is 8.42 Å². The molecule has 6 nitrogen and oxygen atoms in total. The highest BCUT2D eigenvalue weighted by Gasteiger charge is 2.34. The maximum atomic E-state index is 13.2. The standard InChI is InChI=1S/C23H23Cl2N3O3S/c1-16(23(29)26-22-15-19(24)7-9-21(22)25)27-10-12-28(13-11-27)32(30,31)20-8-6-17-4-2-3-5-18(17)14-20/h2-9,14-16H,10-13H2,1H3,(H,26,29)/p+1/t16-/m0/s1. The summed E-state index contributed by atoms with van der Waals surface area (Å²) in [6.45, 7) is 3.59. The van der Waals surface area contributed by atoms with E-state index < -0.39 is 10.0 Å². The molecule has 0 radical (unpaired) electrons. The first kappa shape index (κ1) is 23.0. The van der Waals surface area contributed by atoms with Crippen LogP contribution in [0.3, 0.4) is 0 Å². The number of quaternary nitrogens is 1. The average molecular weight is 493 g/mol. The number of halogens is 2. The van der Waals surface area contributed by atoms with Gasteiger partial charge in [0.25, 0.3) is 5.91 Å². The van der Waals surface area contributed by atoms with Crippen molar-refractivity contribution >= 4 is 55.6 Å². The van der Waals surface area contributed by atoms with Gasteiger partial charge in [-0.05, 0) is 48.0 Å². The van der Waals surface area contributed by atoms with Gasteiger partial charge in [-0.15, -0.1) is 0 Å². The van der Waals surface area contributed by atoms with Gasteiger partial charge in [0.15, 0.2) is 6.04 Å². The fourth-order valence-electron chi connectivity index (χ4n) is 3.94. The van der Waals surface area contributed by atoms with E-state index in [0.29, 0.717) is 46.8 Å². The Morgan fingerprint density at radius 1 is 1.00 bits per heavy atom. The van der Waals surface area contributed by atoms with Gasteiger partial charge in [0.2, 0.25) is 10.0 Å². The van der Waals surface area contributed by atoms with Crippen LogP contribution in [-0.4, -0.2) is 50.9 Å². The summed E-state index contributed by atoms with van der Waals surface area (Å²) < 4.78 is 27.8. The Bertz CT molecular complexity index is 1260. The van der Waals surface area contributed by atoms with Gasteiger partial charge in [-0.2, -0.15) is 4.31 Å². The summed E-state index contributed by atoms with van der Waals surface area (Å²) >= 11 is 12.1. The van der Waals surface area contributed by atoms with Crippen molar-refractivity contribution < 1.29 is 18.1 Å². The summed E-state index contributed by atoms with van der Waals surface area (Å²) in [4.78, 5) is 14.0. The van der Waals surface area contributed by atoms with Gasteiger partial charge in [0, 0.05) is 5.02 Å². The first-order valence-electron chi connectivity index (χ1n) is 10.3. The largest absolute Gasteiger partial charge is 0.323 e. The highest BCUT2D eigenvalue weighted by Crippen LogP contribution is 2.25. The molecular weight excluding hydrogens is 469 g/mol. The van der Waals surface area contributed by atoms with E-state index >= 15 is 0 Å². The van der Waals surface area contributed by atoms with E-state index in [1.807, 2.05) is 37.3 Å². The van der Waals surface area contributed by atoms with Crippen molar-refractivity contribution in [3.63, 3.8) is 0 Å². The van der Waals surface area contributed by atoms with Crippen molar-refractivity contribution in [3.8, 4) is 0 Å². The van der Waals surface area contributed by atoms with Crippen LogP contribution in [0.2, 0.25) is 10.0 Å². The van der Waals surface area contributed by atoms with Crippen LogP contribution >= 0.6 is 23.2 Å². The van der Waals surface area contributed by atoms with Crippen molar-refractivity contribution in [2.75, 3.05) is 31.5 Å². The molecule has 0 spiro atoms. The number of nitrogens with zero attached hydrogens (tertiary/aromatic N) is 1. The fraction of sp³-hybridized carbons (Fsp3) is 0.261. The summed E-state index contributed by atoms with van der Waals surface area (Å²) in [5, 5.41) is 5.61. The van der Waals surface area contributed by atoms with Crippen LogP contribution in [0, 0.1) is 0 Å². The predicted molar refractivity (Wildman–Crippen MR) is 128 cm³/mol. The van der Waals surface area contributed by atoms with Gasteiger partial charge >= 0.3 is 0 Å². The maximum Gasteiger partial charge on any atom is 0.282 e. The highest BCUT2D eigenvalue weighted by molar-refractivity contribution is 7.89. The van der Waals surface area contributed by atoms with Gasteiger partial charge in [-0.1, -0.05) is 53.5 Å². The lowest BCUT2D eigenvalue weighted by molar-refractivity contribution is -0.917. The molecule has 1 fully saturated rings. The fourth-order valence-corrected chi connectivity index (χ4v) is 5.76. The number of fused-ring (bicyclic) bond motifs is 1. The second kappa shape index (κ2) is 9.37. The van der Waals surface area contributed by atoms with Crippen molar-refractivity contribution in [3.05, 3.63) is 70.7 Å². The molecule has 3 aromatic carbocycles. The monoisotopic (exact) mass is 492 g/mol. The quantitative estimate of drug-likeness (QED) is 0.574. The van der Waals surface area contributed by atoms with Gasteiger partial charge < -0.3 is 10.2 Å². The van der Waals surface area contributed by atoms with Gasteiger partial charge in [0.05, 0.1) is 41.8 Å². The van der Waals surface area contributed by atoms with Crippen LogP contribution < -0.4 is 10.2 Å². The van der Waals surface area contributed by atoms with Crippen molar-refractivity contribution in [1.29, 1.82) is 0 Å². The normalized spacial score (nSPS) is 16.7. The first-order chi connectivity index (χ1) is 15.3. The number of carbonyl (C=O) groups is 1. The average Bonchev–Trinajstić information content (AvgIpc) is 2.80. The molecule has 168 valence electrons. The summed E-state index contributed by atoms with van der Waals surface area (Å²) in [7, 11) is -3.59. The molecule has 1 saturated heterocycles. The van der Waals surface area contributed by atoms with Crippen molar-refractivity contribution in [1.82, 2.24) is 4.31 Å². The highest BCUT2D eigenvalue weighted by atomic mass is 35.5. The first-order valence-corrected chi connectivity index (χ1v) is 12.5. The molecule has 1 aliphatic rings. The number of carbonyl (C=O) groups excluding carboxylic acids is 1. The number of hydrogen-bond acceptors (Lipinski definition) is 3. The van der Waals surface area contributed by atoms with E-state index in [9.17, 15) is 13.2 Å². The lowest BCUT2D eigenvalue weighted by Crippen LogP contribution is -3.19. The Balaban J connectivity index is 1.41. The Kier molecular flexibility index (Phi) is 6.74. The lowest BCUT2D eigenvalue weighted by Gasteiger charge is -2.34. The van der Waals surface area contributed by atoms with Gasteiger partial charge in [-0.3, -0.25) is 4.79 Å². The number of rotatable bonds is 5. The molecular formula is C23H24Cl2N3O3S+. The van der Waals surface area contributed by atoms with E-state index in [4.69, 9.17) is 23.2 Å². The van der Waals surface area contributed by atoms with Crippen LogP contribution in [0.4, 0.5) is 5.69 Å². The number of amides is 1. The third kappa shape index (κ3) is 4.77. The topological polar surface area (TPSA) is 70.9 Å².